The minimum Gasteiger partial charge on any atom is -0.467 e. The topological polar surface area (TPSA) is 127 Å². The van der Waals surface area contributed by atoms with Gasteiger partial charge in [-0.1, -0.05) is 0 Å². The number of nitrogens with one attached hydrogen (secondary N) is 2. The molecule has 9 heteroatoms. The van der Waals surface area contributed by atoms with Gasteiger partial charge in [-0.25, -0.2) is 5.43 Å². The number of benzene rings is 1. The van der Waals surface area contributed by atoms with E-state index in [9.17, 15) is 19.7 Å². The lowest BCUT2D eigenvalue weighted by molar-refractivity contribution is -0.384. The number of nitrogens with zero attached hydrogens (tertiary/aromatic N) is 2. The number of nitro groups is 1. The van der Waals surface area contributed by atoms with Crippen LogP contribution in [-0.2, 0) is 16.1 Å². The molecule has 2 amide bonds. The van der Waals surface area contributed by atoms with Crippen molar-refractivity contribution in [3.63, 3.8) is 0 Å². The van der Waals surface area contributed by atoms with Gasteiger partial charge in [-0.3, -0.25) is 19.7 Å². The molecule has 23 heavy (non-hydrogen) atoms. The highest BCUT2D eigenvalue weighted by Gasteiger charge is 2.12. The van der Waals surface area contributed by atoms with Crippen LogP contribution in [0.25, 0.3) is 0 Å². The average Bonchev–Trinajstić information content (AvgIpc) is 3.06. The highest BCUT2D eigenvalue weighted by molar-refractivity contribution is 6.35. The SMILES string of the molecule is O=C(NCc1ccco1)C(=O)N/N=C/c1ccc([N+](=O)[O-])cc1. The van der Waals surface area contributed by atoms with E-state index >= 15 is 0 Å². The fourth-order valence-electron chi connectivity index (χ4n) is 1.56. The van der Waals surface area contributed by atoms with Gasteiger partial charge < -0.3 is 9.73 Å². The molecule has 0 bridgehead atoms. The molecular weight excluding hydrogens is 304 g/mol. The molecule has 1 heterocycles. The van der Waals surface area contributed by atoms with E-state index in [4.69, 9.17) is 4.42 Å². The van der Waals surface area contributed by atoms with Crippen LogP contribution in [0.3, 0.4) is 0 Å². The molecule has 0 saturated carbocycles. The van der Waals surface area contributed by atoms with Gasteiger partial charge in [0, 0.05) is 12.1 Å². The number of hydrogen-bond donors (Lipinski definition) is 2. The van der Waals surface area contributed by atoms with E-state index in [1.165, 1.54) is 36.7 Å². The van der Waals surface area contributed by atoms with Crippen LogP contribution in [0.1, 0.15) is 11.3 Å². The Bertz CT molecular complexity index is 722. The molecule has 2 rings (SSSR count). The maximum Gasteiger partial charge on any atom is 0.329 e. The second kappa shape index (κ2) is 7.50. The molecule has 0 aliphatic rings. The van der Waals surface area contributed by atoms with Crippen molar-refractivity contribution < 1.29 is 18.9 Å². The largest absolute Gasteiger partial charge is 0.467 e. The third kappa shape index (κ3) is 4.77. The van der Waals surface area contributed by atoms with E-state index in [1.807, 2.05) is 0 Å². The highest BCUT2D eigenvalue weighted by atomic mass is 16.6. The van der Waals surface area contributed by atoms with E-state index in [0.29, 0.717) is 11.3 Å². The number of furan rings is 1. The lowest BCUT2D eigenvalue weighted by Crippen LogP contribution is -2.37. The molecule has 9 nitrogen and oxygen atoms in total. The molecule has 0 radical (unpaired) electrons. The van der Waals surface area contributed by atoms with Crippen molar-refractivity contribution in [2.24, 2.45) is 5.10 Å². The fraction of sp³-hybridized carbons (Fsp3) is 0.0714. The summed E-state index contributed by atoms with van der Waals surface area (Å²) in [7, 11) is 0. The molecule has 0 spiro atoms. The summed E-state index contributed by atoms with van der Waals surface area (Å²) in [6.45, 7) is 0.0886. The first-order chi connectivity index (χ1) is 11.1. The normalized spacial score (nSPS) is 10.4. The summed E-state index contributed by atoms with van der Waals surface area (Å²) in [6.07, 6.45) is 2.72. The highest BCUT2D eigenvalue weighted by Crippen LogP contribution is 2.10. The molecule has 118 valence electrons. The van der Waals surface area contributed by atoms with E-state index in [0.717, 1.165) is 0 Å². The Hall–Kier alpha value is -3.49. The summed E-state index contributed by atoms with van der Waals surface area (Å²) in [5, 5.41) is 16.5. The van der Waals surface area contributed by atoms with Crippen molar-refractivity contribution in [1.82, 2.24) is 10.7 Å². The van der Waals surface area contributed by atoms with Crippen molar-refractivity contribution in [3.8, 4) is 0 Å². The van der Waals surface area contributed by atoms with Crippen molar-refractivity contribution in [3.05, 3.63) is 64.1 Å². The molecule has 0 aliphatic heterocycles. The summed E-state index contributed by atoms with van der Waals surface area (Å²) in [4.78, 5) is 32.9. The second-order valence-electron chi connectivity index (χ2n) is 4.31. The summed E-state index contributed by atoms with van der Waals surface area (Å²) in [5.74, 6) is -1.28. The molecule has 0 aliphatic carbocycles. The van der Waals surface area contributed by atoms with Crippen molar-refractivity contribution in [1.29, 1.82) is 0 Å². The van der Waals surface area contributed by atoms with Crippen LogP contribution in [0.4, 0.5) is 5.69 Å². The zero-order chi connectivity index (χ0) is 16.7. The van der Waals surface area contributed by atoms with Gasteiger partial charge >= 0.3 is 11.8 Å². The minimum absolute atomic E-state index is 0.0523. The zero-order valence-corrected chi connectivity index (χ0v) is 11.8. The predicted octanol–water partition coefficient (Wildman–Crippen LogP) is 0.954. The number of non-ortho nitro benzene ring substituents is 1. The maximum atomic E-state index is 11.5. The number of amides is 2. The van der Waals surface area contributed by atoms with Gasteiger partial charge in [0.2, 0.25) is 0 Å². The molecule has 1 aromatic heterocycles. The van der Waals surface area contributed by atoms with Crippen LogP contribution in [0.2, 0.25) is 0 Å². The maximum absolute atomic E-state index is 11.5. The van der Waals surface area contributed by atoms with Gasteiger partial charge in [0.1, 0.15) is 5.76 Å². The molecule has 0 saturated heterocycles. The van der Waals surface area contributed by atoms with Crippen molar-refractivity contribution in [2.75, 3.05) is 0 Å². The number of rotatable bonds is 5. The van der Waals surface area contributed by atoms with Gasteiger partial charge in [0.05, 0.1) is 23.9 Å². The van der Waals surface area contributed by atoms with E-state index in [1.54, 1.807) is 12.1 Å². The molecule has 2 aromatic rings. The molecule has 0 fully saturated rings. The summed E-state index contributed by atoms with van der Waals surface area (Å²) >= 11 is 0. The number of hydrogen-bond acceptors (Lipinski definition) is 6. The number of carbonyl (C=O) groups excluding carboxylic acids is 2. The van der Waals surface area contributed by atoms with Crippen LogP contribution >= 0.6 is 0 Å². The van der Waals surface area contributed by atoms with Gasteiger partial charge in [0.15, 0.2) is 0 Å². The van der Waals surface area contributed by atoms with Gasteiger partial charge in [-0.15, -0.1) is 0 Å². The number of hydrazone groups is 1. The standard InChI is InChI=1S/C14H12N4O5/c19-13(15-9-12-2-1-7-23-12)14(20)17-16-8-10-3-5-11(6-4-10)18(21)22/h1-8H,9H2,(H,15,19)(H,17,20)/b16-8+. The Labute approximate surface area is 130 Å². The monoisotopic (exact) mass is 316 g/mol. The molecule has 2 N–H and O–H groups in total. The zero-order valence-electron chi connectivity index (χ0n) is 11.8. The Morgan fingerprint density at radius 3 is 2.57 bits per heavy atom. The predicted molar refractivity (Wildman–Crippen MR) is 79.4 cm³/mol. The Balaban J connectivity index is 1.80. The van der Waals surface area contributed by atoms with Crippen LogP contribution in [0.15, 0.2) is 52.2 Å². The summed E-state index contributed by atoms with van der Waals surface area (Å²) in [6, 6.07) is 8.86. The lowest BCUT2D eigenvalue weighted by atomic mass is 10.2. The quantitative estimate of drug-likeness (QED) is 0.367. The first-order valence-electron chi connectivity index (χ1n) is 6.44. The summed E-state index contributed by atoms with van der Waals surface area (Å²) in [5.41, 5.74) is 2.53. The van der Waals surface area contributed by atoms with E-state index in [-0.39, 0.29) is 12.2 Å². The molecule has 1 aromatic carbocycles. The molecule has 0 atom stereocenters. The molecular formula is C14H12N4O5. The first kappa shape index (κ1) is 15.9. The van der Waals surface area contributed by atoms with E-state index < -0.39 is 16.7 Å². The van der Waals surface area contributed by atoms with Crippen LogP contribution in [0, 0.1) is 10.1 Å². The van der Waals surface area contributed by atoms with Crippen LogP contribution in [0.5, 0.6) is 0 Å². The Kier molecular flexibility index (Phi) is 5.18. The second-order valence-corrected chi connectivity index (χ2v) is 4.31. The Morgan fingerprint density at radius 1 is 1.22 bits per heavy atom. The van der Waals surface area contributed by atoms with Crippen molar-refractivity contribution in [2.45, 2.75) is 6.54 Å². The van der Waals surface area contributed by atoms with Crippen LogP contribution in [-0.4, -0.2) is 23.0 Å². The minimum atomic E-state index is -0.935. The lowest BCUT2D eigenvalue weighted by Gasteiger charge is -2.01. The Morgan fingerprint density at radius 2 is 1.96 bits per heavy atom. The third-order valence-electron chi connectivity index (χ3n) is 2.69. The van der Waals surface area contributed by atoms with Gasteiger partial charge in [0.25, 0.3) is 5.69 Å². The third-order valence-corrected chi connectivity index (χ3v) is 2.69. The average molecular weight is 316 g/mol. The molecule has 0 unspecified atom stereocenters. The van der Waals surface area contributed by atoms with Gasteiger partial charge in [-0.05, 0) is 29.8 Å². The van der Waals surface area contributed by atoms with E-state index in [2.05, 4.69) is 15.8 Å². The van der Waals surface area contributed by atoms with Crippen molar-refractivity contribution >= 4 is 23.7 Å². The van der Waals surface area contributed by atoms with Gasteiger partial charge in [-0.2, -0.15) is 5.10 Å². The number of nitro benzene ring substituents is 1. The van der Waals surface area contributed by atoms with Crippen LogP contribution < -0.4 is 10.7 Å². The number of carbonyl (C=O) groups is 2. The fourth-order valence-corrected chi connectivity index (χ4v) is 1.56. The first-order valence-corrected chi connectivity index (χ1v) is 6.44. The summed E-state index contributed by atoms with van der Waals surface area (Å²) < 4.78 is 5.01. The smallest absolute Gasteiger partial charge is 0.329 e.